The molecular formula is C16H14F2N2O4. The molecule has 126 valence electrons. The Morgan fingerprint density at radius 3 is 2.25 bits per heavy atom. The van der Waals surface area contributed by atoms with Gasteiger partial charge >= 0.3 is 0 Å². The fourth-order valence-electron chi connectivity index (χ4n) is 1.84. The summed E-state index contributed by atoms with van der Waals surface area (Å²) in [5, 5.41) is 11.0. The highest BCUT2D eigenvalue weighted by atomic mass is 19.2. The summed E-state index contributed by atoms with van der Waals surface area (Å²) < 4.78 is 31.2. The molecular weight excluding hydrogens is 322 g/mol. The van der Waals surface area contributed by atoms with Crippen molar-refractivity contribution in [2.45, 2.75) is 0 Å². The molecule has 2 amide bonds. The smallest absolute Gasteiger partial charge is 0.274 e. The van der Waals surface area contributed by atoms with E-state index in [1.807, 2.05) is 0 Å². The fraction of sp³-hybridized carbons (Fsp3) is 0.125. The Balaban J connectivity index is 1.79. The van der Waals surface area contributed by atoms with Crippen LogP contribution >= 0.6 is 0 Å². The zero-order valence-corrected chi connectivity index (χ0v) is 12.4. The minimum atomic E-state index is -1.09. The minimum Gasteiger partial charge on any atom is -0.492 e. The largest absolute Gasteiger partial charge is 0.492 e. The summed E-state index contributed by atoms with van der Waals surface area (Å²) in [6, 6.07) is 8.85. The SMILES string of the molecule is O=C(NO)c1ccc(OCCNC(=O)c2ccc(F)c(F)c2)cc1. The molecule has 0 radical (unpaired) electrons. The van der Waals surface area contributed by atoms with Crippen molar-refractivity contribution in [3.8, 4) is 5.75 Å². The van der Waals surface area contributed by atoms with Crippen molar-refractivity contribution < 1.29 is 28.3 Å². The highest BCUT2D eigenvalue weighted by molar-refractivity contribution is 5.94. The van der Waals surface area contributed by atoms with Crippen LogP contribution in [0, 0.1) is 11.6 Å². The third-order valence-electron chi connectivity index (χ3n) is 3.06. The first kappa shape index (κ1) is 17.4. The molecule has 8 heteroatoms. The van der Waals surface area contributed by atoms with Gasteiger partial charge in [-0.25, -0.2) is 14.3 Å². The Morgan fingerprint density at radius 1 is 0.958 bits per heavy atom. The van der Waals surface area contributed by atoms with E-state index in [0.717, 1.165) is 12.1 Å². The lowest BCUT2D eigenvalue weighted by molar-refractivity contribution is 0.0706. The third-order valence-corrected chi connectivity index (χ3v) is 3.06. The Morgan fingerprint density at radius 2 is 1.62 bits per heavy atom. The number of ether oxygens (including phenoxy) is 1. The van der Waals surface area contributed by atoms with E-state index in [4.69, 9.17) is 9.94 Å². The number of hydrogen-bond acceptors (Lipinski definition) is 4. The summed E-state index contributed by atoms with van der Waals surface area (Å²) in [5.74, 6) is -2.83. The zero-order valence-electron chi connectivity index (χ0n) is 12.4. The van der Waals surface area contributed by atoms with E-state index >= 15 is 0 Å². The lowest BCUT2D eigenvalue weighted by atomic mass is 10.2. The van der Waals surface area contributed by atoms with Crippen LogP contribution in [-0.4, -0.2) is 30.2 Å². The number of amides is 2. The Hall–Kier alpha value is -3.00. The third kappa shape index (κ3) is 4.50. The van der Waals surface area contributed by atoms with Crippen LogP contribution in [0.5, 0.6) is 5.75 Å². The number of halogens is 2. The van der Waals surface area contributed by atoms with Gasteiger partial charge in [-0.1, -0.05) is 0 Å². The average Bonchev–Trinajstić information content (AvgIpc) is 2.60. The van der Waals surface area contributed by atoms with Crippen molar-refractivity contribution in [1.82, 2.24) is 10.8 Å². The van der Waals surface area contributed by atoms with Crippen LogP contribution in [0.25, 0.3) is 0 Å². The maximum Gasteiger partial charge on any atom is 0.274 e. The Bertz CT molecular complexity index is 735. The van der Waals surface area contributed by atoms with E-state index in [9.17, 15) is 18.4 Å². The van der Waals surface area contributed by atoms with Crippen molar-refractivity contribution in [3.63, 3.8) is 0 Å². The molecule has 0 spiro atoms. The first-order chi connectivity index (χ1) is 11.5. The summed E-state index contributed by atoms with van der Waals surface area (Å²) >= 11 is 0. The van der Waals surface area contributed by atoms with Gasteiger partial charge in [0, 0.05) is 11.1 Å². The molecule has 24 heavy (non-hydrogen) atoms. The standard InChI is InChI=1S/C16H14F2N2O4/c17-13-6-3-11(9-14(13)18)15(21)19-7-8-24-12-4-1-10(2-5-12)16(22)20-23/h1-6,9,23H,7-8H2,(H,19,21)(H,20,22). The van der Waals surface area contributed by atoms with E-state index in [-0.39, 0.29) is 24.3 Å². The van der Waals surface area contributed by atoms with Crippen LogP contribution in [0.15, 0.2) is 42.5 Å². The molecule has 0 saturated carbocycles. The highest BCUT2D eigenvalue weighted by Crippen LogP contribution is 2.12. The maximum absolute atomic E-state index is 13.0. The van der Waals surface area contributed by atoms with Crippen molar-refractivity contribution in [1.29, 1.82) is 0 Å². The van der Waals surface area contributed by atoms with Gasteiger partial charge in [-0.15, -0.1) is 0 Å². The molecule has 2 aromatic rings. The number of nitrogens with one attached hydrogen (secondary N) is 2. The molecule has 0 heterocycles. The first-order valence-corrected chi connectivity index (χ1v) is 6.92. The molecule has 0 bridgehead atoms. The topological polar surface area (TPSA) is 87.7 Å². The zero-order chi connectivity index (χ0) is 17.5. The summed E-state index contributed by atoms with van der Waals surface area (Å²) in [7, 11) is 0. The molecule has 6 nitrogen and oxygen atoms in total. The monoisotopic (exact) mass is 336 g/mol. The summed E-state index contributed by atoms with van der Waals surface area (Å²) in [4.78, 5) is 22.9. The predicted octanol–water partition coefficient (Wildman–Crippen LogP) is 1.89. The van der Waals surface area contributed by atoms with Gasteiger partial charge in [0.05, 0.1) is 6.54 Å². The molecule has 0 aliphatic rings. The molecule has 0 aliphatic carbocycles. The van der Waals surface area contributed by atoms with Gasteiger partial charge < -0.3 is 10.1 Å². The molecule has 0 saturated heterocycles. The molecule has 0 fully saturated rings. The van der Waals surface area contributed by atoms with Gasteiger partial charge in [0.15, 0.2) is 11.6 Å². The lowest BCUT2D eigenvalue weighted by Crippen LogP contribution is -2.28. The number of benzene rings is 2. The van der Waals surface area contributed by atoms with Crippen LogP contribution in [-0.2, 0) is 0 Å². The number of hydroxylamine groups is 1. The normalized spacial score (nSPS) is 10.1. The van der Waals surface area contributed by atoms with Crippen molar-refractivity contribution >= 4 is 11.8 Å². The van der Waals surface area contributed by atoms with E-state index in [1.54, 1.807) is 0 Å². The van der Waals surface area contributed by atoms with Crippen LogP contribution in [0.2, 0.25) is 0 Å². The van der Waals surface area contributed by atoms with E-state index in [2.05, 4.69) is 5.32 Å². The van der Waals surface area contributed by atoms with Crippen LogP contribution in [0.4, 0.5) is 8.78 Å². The number of rotatable bonds is 6. The van der Waals surface area contributed by atoms with Crippen molar-refractivity contribution in [3.05, 3.63) is 65.2 Å². The van der Waals surface area contributed by atoms with Crippen molar-refractivity contribution in [2.75, 3.05) is 13.2 Å². The molecule has 2 aromatic carbocycles. The number of hydrogen-bond donors (Lipinski definition) is 3. The Labute approximate surface area is 136 Å². The summed E-state index contributed by atoms with van der Waals surface area (Å²) in [6.45, 7) is 0.289. The molecule has 0 aliphatic heterocycles. The van der Waals surface area contributed by atoms with Crippen LogP contribution in [0.3, 0.4) is 0 Å². The predicted molar refractivity (Wildman–Crippen MR) is 79.9 cm³/mol. The fourth-order valence-corrected chi connectivity index (χ4v) is 1.84. The number of carbonyl (C=O) groups is 2. The van der Waals surface area contributed by atoms with Gasteiger partial charge in [-0.3, -0.25) is 14.8 Å². The summed E-state index contributed by atoms with van der Waals surface area (Å²) in [6.07, 6.45) is 0. The number of carbonyl (C=O) groups excluding carboxylic acids is 2. The molecule has 0 atom stereocenters. The van der Waals surface area contributed by atoms with Crippen LogP contribution in [0.1, 0.15) is 20.7 Å². The van der Waals surface area contributed by atoms with Crippen molar-refractivity contribution in [2.24, 2.45) is 0 Å². The first-order valence-electron chi connectivity index (χ1n) is 6.92. The minimum absolute atomic E-state index is 0.00766. The average molecular weight is 336 g/mol. The summed E-state index contributed by atoms with van der Waals surface area (Å²) in [5.41, 5.74) is 1.78. The second-order valence-corrected chi connectivity index (χ2v) is 4.70. The quantitative estimate of drug-likeness (QED) is 0.427. The van der Waals surface area contributed by atoms with Gasteiger partial charge in [-0.2, -0.15) is 0 Å². The molecule has 2 rings (SSSR count). The van der Waals surface area contributed by atoms with Gasteiger partial charge in [0.1, 0.15) is 12.4 Å². The molecule has 0 aromatic heterocycles. The second-order valence-electron chi connectivity index (χ2n) is 4.70. The van der Waals surface area contributed by atoms with Gasteiger partial charge in [0.25, 0.3) is 11.8 Å². The Kier molecular flexibility index (Phi) is 5.80. The lowest BCUT2D eigenvalue weighted by Gasteiger charge is -2.08. The maximum atomic E-state index is 13.0. The van der Waals surface area contributed by atoms with E-state index in [1.165, 1.54) is 35.8 Å². The molecule has 3 N–H and O–H groups in total. The van der Waals surface area contributed by atoms with Gasteiger partial charge in [-0.05, 0) is 42.5 Å². The van der Waals surface area contributed by atoms with E-state index < -0.39 is 23.4 Å². The molecule has 0 unspecified atom stereocenters. The second kappa shape index (κ2) is 8.02. The van der Waals surface area contributed by atoms with Gasteiger partial charge in [0.2, 0.25) is 0 Å². The highest BCUT2D eigenvalue weighted by Gasteiger charge is 2.09. The van der Waals surface area contributed by atoms with Crippen LogP contribution < -0.4 is 15.5 Å². The van der Waals surface area contributed by atoms with E-state index in [0.29, 0.717) is 5.75 Å².